The molecule has 1 aliphatic heterocycles. The summed E-state index contributed by atoms with van der Waals surface area (Å²) in [4.78, 5) is 15.4. The van der Waals surface area contributed by atoms with Gasteiger partial charge in [-0.1, -0.05) is 25.1 Å². The van der Waals surface area contributed by atoms with Crippen molar-refractivity contribution < 1.29 is 9.53 Å². The van der Waals surface area contributed by atoms with Gasteiger partial charge in [0.25, 0.3) is 0 Å². The van der Waals surface area contributed by atoms with E-state index < -0.39 is 0 Å². The molecule has 0 radical (unpaired) electrons. The molecule has 0 aliphatic carbocycles. The highest BCUT2D eigenvalue weighted by Crippen LogP contribution is 2.22. The smallest absolute Gasteiger partial charge is 0.221 e. The molecule has 1 aromatic heterocycles. The van der Waals surface area contributed by atoms with Crippen molar-refractivity contribution in [3.8, 4) is 0 Å². The number of hydrogen-bond acceptors (Lipinski definition) is 3. The van der Waals surface area contributed by atoms with Crippen molar-refractivity contribution in [1.29, 1.82) is 0 Å². The van der Waals surface area contributed by atoms with Gasteiger partial charge in [0.05, 0.1) is 13.2 Å². The number of aryl methyl sites for hydroxylation is 1. The Morgan fingerprint density at radius 2 is 2.30 bits per heavy atom. The first kappa shape index (κ1) is 16.0. The molecule has 0 bridgehead atoms. The van der Waals surface area contributed by atoms with Crippen LogP contribution in [0.15, 0.2) is 24.4 Å². The van der Waals surface area contributed by atoms with Crippen molar-refractivity contribution in [2.75, 3.05) is 26.3 Å². The van der Waals surface area contributed by atoms with Gasteiger partial charge in [0.2, 0.25) is 5.91 Å². The third-order valence-electron chi connectivity index (χ3n) is 4.42. The van der Waals surface area contributed by atoms with Gasteiger partial charge in [-0.15, -0.1) is 0 Å². The SMILES string of the molecule is CCc1cccc2c(CCNC(=O)CC3COCCN3)c[nH]c12. The van der Waals surface area contributed by atoms with Crippen molar-refractivity contribution in [1.82, 2.24) is 15.6 Å². The largest absolute Gasteiger partial charge is 0.378 e. The Morgan fingerprint density at radius 3 is 3.09 bits per heavy atom. The van der Waals surface area contributed by atoms with E-state index in [0.717, 1.165) is 26.0 Å². The Hall–Kier alpha value is -1.85. The number of carbonyl (C=O) groups is 1. The number of para-hydroxylation sites is 1. The van der Waals surface area contributed by atoms with Crippen molar-refractivity contribution in [3.63, 3.8) is 0 Å². The van der Waals surface area contributed by atoms with E-state index in [9.17, 15) is 4.79 Å². The highest BCUT2D eigenvalue weighted by molar-refractivity contribution is 5.86. The predicted molar refractivity (Wildman–Crippen MR) is 91.6 cm³/mol. The molecule has 3 N–H and O–H groups in total. The van der Waals surface area contributed by atoms with Crippen LogP contribution in [0.25, 0.3) is 10.9 Å². The van der Waals surface area contributed by atoms with Crippen LogP contribution in [0.3, 0.4) is 0 Å². The monoisotopic (exact) mass is 315 g/mol. The number of rotatable bonds is 6. The van der Waals surface area contributed by atoms with Gasteiger partial charge in [-0.25, -0.2) is 0 Å². The summed E-state index contributed by atoms with van der Waals surface area (Å²) in [5.74, 6) is 0.0853. The van der Waals surface area contributed by atoms with Crippen LogP contribution < -0.4 is 10.6 Å². The lowest BCUT2D eigenvalue weighted by atomic mass is 10.1. The lowest BCUT2D eigenvalue weighted by Gasteiger charge is -2.23. The minimum absolute atomic E-state index is 0.0853. The maximum atomic E-state index is 12.0. The fourth-order valence-corrected chi connectivity index (χ4v) is 3.16. The number of nitrogens with one attached hydrogen (secondary N) is 3. The topological polar surface area (TPSA) is 66.2 Å². The number of H-pyrrole nitrogens is 1. The first-order chi connectivity index (χ1) is 11.3. The Morgan fingerprint density at radius 1 is 1.39 bits per heavy atom. The van der Waals surface area contributed by atoms with E-state index in [1.807, 2.05) is 0 Å². The number of morpholine rings is 1. The molecule has 5 nitrogen and oxygen atoms in total. The fraction of sp³-hybridized carbons (Fsp3) is 0.500. The Bertz CT molecular complexity index is 659. The zero-order chi connectivity index (χ0) is 16.1. The average molecular weight is 315 g/mol. The number of amides is 1. The first-order valence-electron chi connectivity index (χ1n) is 8.43. The molecule has 2 heterocycles. The van der Waals surface area contributed by atoms with Crippen molar-refractivity contribution in [2.45, 2.75) is 32.2 Å². The summed E-state index contributed by atoms with van der Waals surface area (Å²) in [7, 11) is 0. The fourth-order valence-electron chi connectivity index (χ4n) is 3.16. The molecule has 124 valence electrons. The summed E-state index contributed by atoms with van der Waals surface area (Å²) < 4.78 is 5.37. The van der Waals surface area contributed by atoms with Gasteiger partial charge >= 0.3 is 0 Å². The molecule has 2 aromatic rings. The summed E-state index contributed by atoms with van der Waals surface area (Å²) in [5, 5.41) is 7.58. The Balaban J connectivity index is 1.51. The van der Waals surface area contributed by atoms with Crippen LogP contribution in [0.1, 0.15) is 24.5 Å². The standard InChI is InChI=1S/C18H25N3O2/c1-2-13-4-3-5-16-14(11-21-18(13)16)6-7-20-17(22)10-15-12-23-9-8-19-15/h3-5,11,15,19,21H,2,6-10,12H2,1H3,(H,20,22). The molecule has 1 saturated heterocycles. The zero-order valence-corrected chi connectivity index (χ0v) is 13.7. The number of benzene rings is 1. The van der Waals surface area contributed by atoms with Gasteiger partial charge in [-0.3, -0.25) is 4.79 Å². The van der Waals surface area contributed by atoms with E-state index in [1.54, 1.807) is 0 Å². The van der Waals surface area contributed by atoms with Crippen molar-refractivity contribution in [2.24, 2.45) is 0 Å². The molecule has 0 spiro atoms. The summed E-state index contributed by atoms with van der Waals surface area (Å²) in [5.41, 5.74) is 3.82. The number of fused-ring (bicyclic) bond motifs is 1. The normalized spacial score (nSPS) is 18.2. The van der Waals surface area contributed by atoms with E-state index in [-0.39, 0.29) is 11.9 Å². The molecule has 1 unspecified atom stereocenters. The molecular weight excluding hydrogens is 290 g/mol. The molecule has 1 amide bonds. The van der Waals surface area contributed by atoms with E-state index in [1.165, 1.54) is 22.0 Å². The van der Waals surface area contributed by atoms with Crippen LogP contribution in [-0.4, -0.2) is 43.2 Å². The number of aromatic amines is 1. The Labute approximate surface area is 136 Å². The minimum atomic E-state index is 0.0853. The third-order valence-corrected chi connectivity index (χ3v) is 4.42. The van der Waals surface area contributed by atoms with Gasteiger partial charge in [-0.2, -0.15) is 0 Å². The van der Waals surface area contributed by atoms with Gasteiger partial charge in [0.1, 0.15) is 0 Å². The van der Waals surface area contributed by atoms with E-state index in [2.05, 4.69) is 46.9 Å². The lowest BCUT2D eigenvalue weighted by molar-refractivity contribution is -0.122. The van der Waals surface area contributed by atoms with Crippen LogP contribution in [0.4, 0.5) is 0 Å². The van der Waals surface area contributed by atoms with Crippen LogP contribution in [0.5, 0.6) is 0 Å². The third kappa shape index (κ3) is 3.92. The Kier molecular flexibility index (Phi) is 5.31. The van der Waals surface area contributed by atoms with E-state index in [0.29, 0.717) is 19.6 Å². The zero-order valence-electron chi connectivity index (χ0n) is 13.7. The van der Waals surface area contributed by atoms with Crippen molar-refractivity contribution >= 4 is 16.8 Å². The maximum Gasteiger partial charge on any atom is 0.221 e. The van der Waals surface area contributed by atoms with Crippen LogP contribution in [0.2, 0.25) is 0 Å². The van der Waals surface area contributed by atoms with E-state index in [4.69, 9.17) is 4.74 Å². The molecule has 1 fully saturated rings. The highest BCUT2D eigenvalue weighted by Gasteiger charge is 2.16. The molecule has 5 heteroatoms. The number of hydrogen-bond donors (Lipinski definition) is 3. The second-order valence-corrected chi connectivity index (χ2v) is 6.04. The van der Waals surface area contributed by atoms with Gasteiger partial charge in [-0.05, 0) is 24.0 Å². The lowest BCUT2D eigenvalue weighted by Crippen LogP contribution is -2.44. The summed E-state index contributed by atoms with van der Waals surface area (Å²) in [6.07, 6.45) is 4.40. The maximum absolute atomic E-state index is 12.0. The quantitative estimate of drug-likeness (QED) is 0.761. The molecule has 0 saturated carbocycles. The van der Waals surface area contributed by atoms with Crippen molar-refractivity contribution in [3.05, 3.63) is 35.5 Å². The number of ether oxygens (including phenoxy) is 1. The highest BCUT2D eigenvalue weighted by atomic mass is 16.5. The summed E-state index contributed by atoms with van der Waals surface area (Å²) in [6.45, 7) is 5.01. The predicted octanol–water partition coefficient (Wildman–Crippen LogP) is 1.77. The van der Waals surface area contributed by atoms with Gasteiger partial charge < -0.3 is 20.4 Å². The molecule has 3 rings (SSSR count). The molecule has 1 aromatic carbocycles. The summed E-state index contributed by atoms with van der Waals surface area (Å²) >= 11 is 0. The summed E-state index contributed by atoms with van der Waals surface area (Å²) in [6, 6.07) is 6.55. The van der Waals surface area contributed by atoms with Crippen LogP contribution >= 0.6 is 0 Å². The van der Waals surface area contributed by atoms with Gasteiger partial charge in [0, 0.05) is 42.7 Å². The second kappa shape index (κ2) is 7.62. The molecule has 23 heavy (non-hydrogen) atoms. The number of aromatic nitrogens is 1. The molecular formula is C18H25N3O2. The van der Waals surface area contributed by atoms with E-state index >= 15 is 0 Å². The average Bonchev–Trinajstić information content (AvgIpc) is 2.99. The molecule has 1 aliphatic rings. The number of carbonyl (C=O) groups excluding carboxylic acids is 1. The second-order valence-electron chi connectivity index (χ2n) is 6.04. The van der Waals surface area contributed by atoms with Crippen LogP contribution in [0, 0.1) is 0 Å². The first-order valence-corrected chi connectivity index (χ1v) is 8.43. The minimum Gasteiger partial charge on any atom is -0.378 e. The molecule has 1 atom stereocenters. The van der Waals surface area contributed by atoms with Crippen LogP contribution in [-0.2, 0) is 22.4 Å². The van der Waals surface area contributed by atoms with Gasteiger partial charge in [0.15, 0.2) is 0 Å².